The van der Waals surface area contributed by atoms with Crippen molar-refractivity contribution in [1.29, 1.82) is 5.41 Å². The molecule has 0 radical (unpaired) electrons. The van der Waals surface area contributed by atoms with Crippen LogP contribution in [0.2, 0.25) is 0 Å². The van der Waals surface area contributed by atoms with Crippen molar-refractivity contribution in [3.8, 4) is 0 Å². The predicted octanol–water partition coefficient (Wildman–Crippen LogP) is 3.76. The second-order valence-corrected chi connectivity index (χ2v) is 5.51. The van der Waals surface area contributed by atoms with Crippen LogP contribution in [-0.2, 0) is 0 Å². The molecule has 0 saturated heterocycles. The van der Waals surface area contributed by atoms with Gasteiger partial charge in [-0.2, -0.15) is 0 Å². The quantitative estimate of drug-likeness (QED) is 0.698. The molecule has 1 aliphatic rings. The number of allylic oxidation sites excluding steroid dienone is 2. The molecule has 0 aromatic heterocycles. The number of rotatable bonds is 5. The first kappa shape index (κ1) is 14.0. The normalized spacial score (nSPS) is 28.3. The van der Waals surface area contributed by atoms with E-state index in [0.29, 0.717) is 23.8 Å². The van der Waals surface area contributed by atoms with Crippen LogP contribution < -0.4 is 5.32 Å². The Morgan fingerprint density at radius 2 is 2.12 bits per heavy atom. The molecule has 0 fully saturated rings. The minimum Gasteiger partial charge on any atom is -0.388 e. The standard InChI is InChI=1S/C15H26N2/c1-10(6-7-16)12(3)11(2)8-15-9-17-14(5)13(15)4/h6-7,9,11-14,16-17H,8H2,1-5H3/b10-6-,16-7?. The third kappa shape index (κ3) is 3.45. The van der Waals surface area contributed by atoms with E-state index in [2.05, 4.69) is 46.1 Å². The van der Waals surface area contributed by atoms with Gasteiger partial charge in [0, 0.05) is 12.3 Å². The highest BCUT2D eigenvalue weighted by Gasteiger charge is 2.24. The molecule has 4 atom stereocenters. The molecule has 96 valence electrons. The highest BCUT2D eigenvalue weighted by molar-refractivity contribution is 5.68. The molecule has 0 aromatic rings. The molecular weight excluding hydrogens is 208 g/mol. The summed E-state index contributed by atoms with van der Waals surface area (Å²) in [5, 5.41) is 10.5. The zero-order chi connectivity index (χ0) is 13.0. The van der Waals surface area contributed by atoms with Gasteiger partial charge in [0.05, 0.1) is 0 Å². The Bertz CT molecular complexity index is 328. The van der Waals surface area contributed by atoms with Gasteiger partial charge in [0.1, 0.15) is 0 Å². The number of hydrogen-bond donors (Lipinski definition) is 2. The van der Waals surface area contributed by atoms with Crippen LogP contribution in [0.1, 0.15) is 41.0 Å². The van der Waals surface area contributed by atoms with Crippen molar-refractivity contribution in [1.82, 2.24) is 5.32 Å². The summed E-state index contributed by atoms with van der Waals surface area (Å²) in [5.74, 6) is 1.82. The minimum absolute atomic E-state index is 0.542. The van der Waals surface area contributed by atoms with E-state index in [0.717, 1.165) is 6.42 Å². The predicted molar refractivity (Wildman–Crippen MR) is 75.3 cm³/mol. The maximum atomic E-state index is 7.13. The van der Waals surface area contributed by atoms with Crippen molar-refractivity contribution in [3.05, 3.63) is 23.4 Å². The van der Waals surface area contributed by atoms with E-state index in [9.17, 15) is 0 Å². The van der Waals surface area contributed by atoms with E-state index in [-0.39, 0.29) is 0 Å². The van der Waals surface area contributed by atoms with Crippen LogP contribution in [0.3, 0.4) is 0 Å². The van der Waals surface area contributed by atoms with Gasteiger partial charge in [0.15, 0.2) is 0 Å². The highest BCUT2D eigenvalue weighted by Crippen LogP contribution is 2.31. The van der Waals surface area contributed by atoms with Crippen molar-refractivity contribution in [3.63, 3.8) is 0 Å². The number of nitrogens with one attached hydrogen (secondary N) is 2. The van der Waals surface area contributed by atoms with Crippen LogP contribution in [0.4, 0.5) is 0 Å². The molecule has 1 heterocycles. The van der Waals surface area contributed by atoms with E-state index >= 15 is 0 Å². The Balaban J connectivity index is 2.58. The molecule has 0 aliphatic carbocycles. The zero-order valence-corrected chi connectivity index (χ0v) is 11.7. The lowest BCUT2D eigenvalue weighted by Gasteiger charge is -2.23. The Morgan fingerprint density at radius 3 is 2.59 bits per heavy atom. The van der Waals surface area contributed by atoms with Crippen LogP contribution in [0.15, 0.2) is 23.4 Å². The van der Waals surface area contributed by atoms with Crippen LogP contribution in [-0.4, -0.2) is 12.3 Å². The topological polar surface area (TPSA) is 35.9 Å². The summed E-state index contributed by atoms with van der Waals surface area (Å²) in [6.45, 7) is 11.2. The molecule has 0 bridgehead atoms. The minimum atomic E-state index is 0.542. The Hall–Kier alpha value is -1.05. The Morgan fingerprint density at radius 1 is 1.47 bits per heavy atom. The second kappa shape index (κ2) is 6.04. The fraction of sp³-hybridized carbons (Fsp3) is 0.667. The van der Waals surface area contributed by atoms with Crippen molar-refractivity contribution in [2.24, 2.45) is 17.8 Å². The molecule has 0 saturated carbocycles. The molecule has 1 aliphatic heterocycles. The average molecular weight is 234 g/mol. The molecule has 0 aromatic carbocycles. The molecule has 1 rings (SSSR count). The molecule has 2 nitrogen and oxygen atoms in total. The van der Waals surface area contributed by atoms with Crippen LogP contribution >= 0.6 is 0 Å². The van der Waals surface area contributed by atoms with Crippen molar-refractivity contribution in [2.75, 3.05) is 0 Å². The molecule has 2 heteroatoms. The van der Waals surface area contributed by atoms with E-state index in [1.54, 1.807) is 5.57 Å². The average Bonchev–Trinajstić information content (AvgIpc) is 2.60. The third-order valence-corrected chi connectivity index (χ3v) is 4.34. The largest absolute Gasteiger partial charge is 0.388 e. The summed E-state index contributed by atoms with van der Waals surface area (Å²) in [5.41, 5.74) is 2.85. The molecule has 0 amide bonds. The first-order valence-corrected chi connectivity index (χ1v) is 6.59. The van der Waals surface area contributed by atoms with Gasteiger partial charge in [-0.3, -0.25) is 0 Å². The van der Waals surface area contributed by atoms with Gasteiger partial charge in [-0.15, -0.1) is 0 Å². The Kier molecular flexibility index (Phi) is 4.98. The molecule has 4 unspecified atom stereocenters. The van der Waals surface area contributed by atoms with Crippen molar-refractivity contribution in [2.45, 2.75) is 47.1 Å². The van der Waals surface area contributed by atoms with Gasteiger partial charge >= 0.3 is 0 Å². The lowest BCUT2D eigenvalue weighted by molar-refractivity contribution is 0.415. The lowest BCUT2D eigenvalue weighted by Crippen LogP contribution is -2.21. The van der Waals surface area contributed by atoms with Gasteiger partial charge in [-0.25, -0.2) is 0 Å². The van der Waals surface area contributed by atoms with Crippen LogP contribution in [0.5, 0.6) is 0 Å². The summed E-state index contributed by atoms with van der Waals surface area (Å²) in [6.07, 6.45) is 6.66. The van der Waals surface area contributed by atoms with E-state index < -0.39 is 0 Å². The maximum Gasteiger partial charge on any atom is 0.0290 e. The zero-order valence-electron chi connectivity index (χ0n) is 11.7. The summed E-state index contributed by atoms with van der Waals surface area (Å²) >= 11 is 0. The summed E-state index contributed by atoms with van der Waals surface area (Å²) in [7, 11) is 0. The van der Waals surface area contributed by atoms with Crippen molar-refractivity contribution < 1.29 is 0 Å². The summed E-state index contributed by atoms with van der Waals surface area (Å²) < 4.78 is 0. The molecular formula is C15H26N2. The fourth-order valence-corrected chi connectivity index (χ4v) is 2.36. The second-order valence-electron chi connectivity index (χ2n) is 5.51. The first-order valence-electron chi connectivity index (χ1n) is 6.59. The van der Waals surface area contributed by atoms with Gasteiger partial charge < -0.3 is 10.7 Å². The SMILES string of the molecule is C/C(=C/C=N)C(C)C(C)CC1=CNC(C)C1C. The van der Waals surface area contributed by atoms with Gasteiger partial charge in [0.25, 0.3) is 0 Å². The van der Waals surface area contributed by atoms with E-state index in [1.807, 2.05) is 6.08 Å². The first-order chi connectivity index (χ1) is 7.97. The molecule has 17 heavy (non-hydrogen) atoms. The lowest BCUT2D eigenvalue weighted by atomic mass is 9.82. The fourth-order valence-electron chi connectivity index (χ4n) is 2.36. The maximum absolute atomic E-state index is 7.13. The summed E-state index contributed by atoms with van der Waals surface area (Å²) in [4.78, 5) is 0. The smallest absolute Gasteiger partial charge is 0.0290 e. The van der Waals surface area contributed by atoms with E-state index in [1.165, 1.54) is 11.8 Å². The highest BCUT2D eigenvalue weighted by atomic mass is 14.9. The van der Waals surface area contributed by atoms with Gasteiger partial charge in [-0.1, -0.05) is 26.3 Å². The monoisotopic (exact) mass is 234 g/mol. The van der Waals surface area contributed by atoms with E-state index in [4.69, 9.17) is 5.41 Å². The number of hydrogen-bond acceptors (Lipinski definition) is 2. The van der Waals surface area contributed by atoms with Crippen LogP contribution in [0, 0.1) is 23.2 Å². The van der Waals surface area contributed by atoms with Gasteiger partial charge in [0.2, 0.25) is 0 Å². The molecule has 2 N–H and O–H groups in total. The molecule has 0 spiro atoms. The Labute approximate surface area is 106 Å². The third-order valence-electron chi connectivity index (χ3n) is 4.34. The van der Waals surface area contributed by atoms with Gasteiger partial charge in [-0.05, 0) is 55.9 Å². The van der Waals surface area contributed by atoms with Crippen LogP contribution in [0.25, 0.3) is 0 Å². The summed E-state index contributed by atoms with van der Waals surface area (Å²) in [6, 6.07) is 0.575. The van der Waals surface area contributed by atoms with Crippen molar-refractivity contribution >= 4 is 6.21 Å².